The number of halogens is 1. The summed E-state index contributed by atoms with van der Waals surface area (Å²) in [4.78, 5) is 4.28. The van der Waals surface area contributed by atoms with Gasteiger partial charge in [-0.3, -0.25) is 4.98 Å². The standard InChI is InChI=1S/C14H15ClN2O/c1-10-4-3-7-17-14(10)9-18-11-5-6-13(16-2)12(15)8-11/h3-8,16H,9H2,1-2H3. The van der Waals surface area contributed by atoms with Crippen molar-refractivity contribution in [2.45, 2.75) is 13.5 Å². The molecule has 0 spiro atoms. The van der Waals surface area contributed by atoms with Gasteiger partial charge in [-0.15, -0.1) is 0 Å². The minimum atomic E-state index is 0.446. The largest absolute Gasteiger partial charge is 0.487 e. The Morgan fingerprint density at radius 1 is 1.33 bits per heavy atom. The van der Waals surface area contributed by atoms with Crippen LogP contribution >= 0.6 is 11.6 Å². The quantitative estimate of drug-likeness (QED) is 0.913. The highest BCUT2D eigenvalue weighted by atomic mass is 35.5. The number of hydrogen-bond acceptors (Lipinski definition) is 3. The van der Waals surface area contributed by atoms with E-state index < -0.39 is 0 Å². The molecule has 0 saturated heterocycles. The number of pyridine rings is 1. The number of nitrogens with zero attached hydrogens (tertiary/aromatic N) is 1. The first kappa shape index (κ1) is 12.7. The number of ether oxygens (including phenoxy) is 1. The molecule has 1 heterocycles. The van der Waals surface area contributed by atoms with Gasteiger partial charge in [0.25, 0.3) is 0 Å². The third-order valence-corrected chi connectivity index (χ3v) is 3.02. The summed E-state index contributed by atoms with van der Waals surface area (Å²) in [7, 11) is 1.83. The topological polar surface area (TPSA) is 34.1 Å². The van der Waals surface area contributed by atoms with Gasteiger partial charge in [0.15, 0.2) is 0 Å². The lowest BCUT2D eigenvalue weighted by molar-refractivity contribution is 0.300. The fourth-order valence-corrected chi connectivity index (χ4v) is 1.87. The Morgan fingerprint density at radius 3 is 2.83 bits per heavy atom. The lowest BCUT2D eigenvalue weighted by Gasteiger charge is -2.09. The Balaban J connectivity index is 2.07. The Labute approximate surface area is 112 Å². The van der Waals surface area contributed by atoms with Gasteiger partial charge < -0.3 is 10.1 Å². The molecule has 0 saturated carbocycles. The normalized spacial score (nSPS) is 10.2. The highest BCUT2D eigenvalue weighted by molar-refractivity contribution is 6.33. The van der Waals surface area contributed by atoms with Gasteiger partial charge in [-0.05, 0) is 30.7 Å². The van der Waals surface area contributed by atoms with E-state index in [2.05, 4.69) is 10.3 Å². The molecule has 18 heavy (non-hydrogen) atoms. The molecule has 0 aliphatic rings. The zero-order chi connectivity index (χ0) is 13.0. The maximum Gasteiger partial charge on any atom is 0.130 e. The smallest absolute Gasteiger partial charge is 0.130 e. The maximum absolute atomic E-state index is 6.08. The summed E-state index contributed by atoms with van der Waals surface area (Å²) >= 11 is 6.08. The average Bonchev–Trinajstić information content (AvgIpc) is 2.38. The maximum atomic E-state index is 6.08. The van der Waals surface area contributed by atoms with E-state index in [0.29, 0.717) is 11.6 Å². The van der Waals surface area contributed by atoms with Gasteiger partial charge in [0, 0.05) is 19.3 Å². The third-order valence-electron chi connectivity index (χ3n) is 2.70. The summed E-state index contributed by atoms with van der Waals surface area (Å²) in [5.41, 5.74) is 2.94. The molecule has 0 radical (unpaired) electrons. The molecule has 1 aromatic carbocycles. The van der Waals surface area contributed by atoms with Gasteiger partial charge in [0.05, 0.1) is 16.4 Å². The Kier molecular flexibility index (Phi) is 4.05. The summed E-state index contributed by atoms with van der Waals surface area (Å²) in [6.07, 6.45) is 1.77. The Hall–Kier alpha value is -1.74. The number of rotatable bonds is 4. The lowest BCUT2D eigenvalue weighted by atomic mass is 10.2. The molecule has 0 atom stereocenters. The lowest BCUT2D eigenvalue weighted by Crippen LogP contribution is -2.00. The van der Waals surface area contributed by atoms with Crippen LogP contribution in [-0.2, 0) is 6.61 Å². The van der Waals surface area contributed by atoms with E-state index in [1.807, 2.05) is 38.2 Å². The van der Waals surface area contributed by atoms with Crippen LogP contribution < -0.4 is 10.1 Å². The minimum absolute atomic E-state index is 0.446. The summed E-state index contributed by atoms with van der Waals surface area (Å²) < 4.78 is 5.68. The molecule has 3 nitrogen and oxygen atoms in total. The molecule has 4 heteroatoms. The molecule has 0 bridgehead atoms. The summed E-state index contributed by atoms with van der Waals surface area (Å²) in [6, 6.07) is 9.50. The minimum Gasteiger partial charge on any atom is -0.487 e. The van der Waals surface area contributed by atoms with Gasteiger partial charge in [-0.1, -0.05) is 17.7 Å². The van der Waals surface area contributed by atoms with Crippen LogP contribution in [0.15, 0.2) is 36.5 Å². The summed E-state index contributed by atoms with van der Waals surface area (Å²) in [6.45, 7) is 2.46. The van der Waals surface area contributed by atoms with Crippen molar-refractivity contribution in [3.05, 3.63) is 52.8 Å². The van der Waals surface area contributed by atoms with Crippen molar-refractivity contribution >= 4 is 17.3 Å². The number of anilines is 1. The van der Waals surface area contributed by atoms with E-state index in [0.717, 1.165) is 22.7 Å². The van der Waals surface area contributed by atoms with Gasteiger partial charge in [0.2, 0.25) is 0 Å². The second-order valence-electron chi connectivity index (χ2n) is 3.95. The van der Waals surface area contributed by atoms with Crippen LogP contribution in [0.3, 0.4) is 0 Å². The summed E-state index contributed by atoms with van der Waals surface area (Å²) in [5.74, 6) is 0.740. The van der Waals surface area contributed by atoms with Crippen LogP contribution in [0.1, 0.15) is 11.3 Å². The molecule has 0 aliphatic heterocycles. The zero-order valence-electron chi connectivity index (χ0n) is 10.4. The Morgan fingerprint density at radius 2 is 2.17 bits per heavy atom. The monoisotopic (exact) mass is 262 g/mol. The number of aromatic nitrogens is 1. The predicted molar refractivity (Wildman–Crippen MR) is 74.3 cm³/mol. The first-order valence-electron chi connectivity index (χ1n) is 5.71. The first-order chi connectivity index (χ1) is 8.70. The van der Waals surface area contributed by atoms with Crippen LogP contribution in [0.5, 0.6) is 5.75 Å². The molecule has 2 rings (SSSR count). The van der Waals surface area contributed by atoms with E-state index >= 15 is 0 Å². The van der Waals surface area contributed by atoms with Gasteiger partial charge >= 0.3 is 0 Å². The highest BCUT2D eigenvalue weighted by Gasteiger charge is 2.03. The zero-order valence-corrected chi connectivity index (χ0v) is 11.2. The van der Waals surface area contributed by atoms with Crippen molar-refractivity contribution in [3.8, 4) is 5.75 Å². The van der Waals surface area contributed by atoms with Crippen LogP contribution in [0.25, 0.3) is 0 Å². The highest BCUT2D eigenvalue weighted by Crippen LogP contribution is 2.26. The van der Waals surface area contributed by atoms with E-state index in [4.69, 9.17) is 16.3 Å². The molecule has 2 aromatic rings. The number of hydrogen-bond donors (Lipinski definition) is 1. The molecule has 94 valence electrons. The van der Waals surface area contributed by atoms with E-state index in [9.17, 15) is 0 Å². The van der Waals surface area contributed by atoms with Crippen LogP contribution in [0, 0.1) is 6.92 Å². The molecule has 1 N–H and O–H groups in total. The average molecular weight is 263 g/mol. The van der Waals surface area contributed by atoms with Crippen LogP contribution in [-0.4, -0.2) is 12.0 Å². The number of benzene rings is 1. The van der Waals surface area contributed by atoms with Crippen LogP contribution in [0.2, 0.25) is 5.02 Å². The van der Waals surface area contributed by atoms with Gasteiger partial charge in [-0.2, -0.15) is 0 Å². The molecule has 1 aromatic heterocycles. The molecular weight excluding hydrogens is 248 g/mol. The molecule has 0 fully saturated rings. The number of nitrogens with one attached hydrogen (secondary N) is 1. The van der Waals surface area contributed by atoms with Gasteiger partial charge in [0.1, 0.15) is 12.4 Å². The molecular formula is C14H15ClN2O. The van der Waals surface area contributed by atoms with Gasteiger partial charge in [-0.25, -0.2) is 0 Å². The van der Waals surface area contributed by atoms with Crippen molar-refractivity contribution in [3.63, 3.8) is 0 Å². The predicted octanol–water partition coefficient (Wildman–Crippen LogP) is 3.66. The summed E-state index contributed by atoms with van der Waals surface area (Å²) in [5, 5.41) is 3.65. The number of aryl methyl sites for hydroxylation is 1. The second kappa shape index (κ2) is 5.74. The van der Waals surface area contributed by atoms with Crippen molar-refractivity contribution in [2.75, 3.05) is 12.4 Å². The van der Waals surface area contributed by atoms with Crippen molar-refractivity contribution in [1.82, 2.24) is 4.98 Å². The van der Waals surface area contributed by atoms with Crippen molar-refractivity contribution < 1.29 is 4.74 Å². The van der Waals surface area contributed by atoms with E-state index in [1.165, 1.54) is 0 Å². The third kappa shape index (κ3) is 2.93. The van der Waals surface area contributed by atoms with Crippen molar-refractivity contribution in [1.29, 1.82) is 0 Å². The molecule has 0 unspecified atom stereocenters. The van der Waals surface area contributed by atoms with Crippen molar-refractivity contribution in [2.24, 2.45) is 0 Å². The molecule has 0 aliphatic carbocycles. The fourth-order valence-electron chi connectivity index (χ4n) is 1.61. The second-order valence-corrected chi connectivity index (χ2v) is 4.35. The first-order valence-corrected chi connectivity index (χ1v) is 6.09. The Bertz CT molecular complexity index is 543. The molecule has 0 amide bonds. The fraction of sp³-hybridized carbons (Fsp3) is 0.214. The van der Waals surface area contributed by atoms with E-state index in [-0.39, 0.29) is 0 Å². The SMILES string of the molecule is CNc1ccc(OCc2ncccc2C)cc1Cl. The van der Waals surface area contributed by atoms with E-state index in [1.54, 1.807) is 12.3 Å². The van der Waals surface area contributed by atoms with Crippen LogP contribution in [0.4, 0.5) is 5.69 Å².